The van der Waals surface area contributed by atoms with Crippen LogP contribution in [0.15, 0.2) is 36.5 Å². The number of pyridine rings is 1. The predicted molar refractivity (Wildman–Crippen MR) is 99.3 cm³/mol. The smallest absolute Gasteiger partial charge is 0.322 e. The van der Waals surface area contributed by atoms with E-state index in [0.717, 1.165) is 35.3 Å². The normalized spacial score (nSPS) is 16.8. The second-order valence-corrected chi connectivity index (χ2v) is 6.46. The lowest BCUT2D eigenvalue weighted by Gasteiger charge is -2.23. The molecule has 1 saturated heterocycles. The van der Waals surface area contributed by atoms with Gasteiger partial charge < -0.3 is 19.9 Å². The Balaban J connectivity index is 1.54. The Morgan fingerprint density at radius 3 is 2.96 bits per heavy atom. The fourth-order valence-electron chi connectivity index (χ4n) is 3.42. The number of methoxy groups -OCH3 is 1. The van der Waals surface area contributed by atoms with Gasteiger partial charge >= 0.3 is 6.03 Å². The van der Waals surface area contributed by atoms with Gasteiger partial charge in [0.1, 0.15) is 5.82 Å². The number of likely N-dealkylation sites (tertiary alicyclic amines) is 1. The standard InChI is InChI=1S/C19H21N5O2/c1-12-5-3-6-14-17(12)23-18(22-14)15-7-4-10-24(15)19(25)21-13-8-9-16(26-2)20-11-13/h3,5-6,8-9,11,15H,4,7,10H2,1-2H3,(H,21,25)(H,22,23)/t15-/m1/s1. The number of hydrogen-bond donors (Lipinski definition) is 2. The number of rotatable bonds is 3. The van der Waals surface area contributed by atoms with Gasteiger partial charge in [0.2, 0.25) is 5.88 Å². The molecule has 1 aliphatic heterocycles. The lowest BCUT2D eigenvalue weighted by atomic mass is 10.2. The molecule has 0 radical (unpaired) electrons. The van der Waals surface area contributed by atoms with Crippen LogP contribution in [0.1, 0.15) is 30.3 Å². The summed E-state index contributed by atoms with van der Waals surface area (Å²) < 4.78 is 5.04. The Labute approximate surface area is 151 Å². The van der Waals surface area contributed by atoms with Gasteiger partial charge in [0.25, 0.3) is 0 Å². The van der Waals surface area contributed by atoms with Gasteiger partial charge in [-0.2, -0.15) is 0 Å². The number of benzene rings is 1. The van der Waals surface area contributed by atoms with Crippen molar-refractivity contribution in [1.82, 2.24) is 19.9 Å². The maximum atomic E-state index is 12.7. The Kier molecular flexibility index (Phi) is 4.20. The summed E-state index contributed by atoms with van der Waals surface area (Å²) in [4.78, 5) is 26.8. The Morgan fingerprint density at radius 2 is 2.23 bits per heavy atom. The van der Waals surface area contributed by atoms with Crippen LogP contribution in [0.25, 0.3) is 11.0 Å². The molecule has 3 aromatic rings. The Bertz CT molecular complexity index is 935. The SMILES string of the molecule is COc1ccc(NC(=O)N2CCC[C@@H]2c2nc3c(C)cccc3[nH]2)cn1. The van der Waals surface area contributed by atoms with Gasteiger partial charge in [0, 0.05) is 12.6 Å². The largest absolute Gasteiger partial charge is 0.481 e. The molecule has 1 fully saturated rings. The maximum Gasteiger partial charge on any atom is 0.322 e. The van der Waals surface area contributed by atoms with E-state index in [9.17, 15) is 4.79 Å². The summed E-state index contributed by atoms with van der Waals surface area (Å²) in [5.74, 6) is 1.36. The summed E-state index contributed by atoms with van der Waals surface area (Å²) in [6, 6.07) is 9.38. The molecule has 2 amide bonds. The number of nitrogens with one attached hydrogen (secondary N) is 2. The third kappa shape index (κ3) is 2.96. The quantitative estimate of drug-likeness (QED) is 0.754. The van der Waals surface area contributed by atoms with Gasteiger partial charge in [-0.25, -0.2) is 14.8 Å². The molecule has 0 bridgehead atoms. The number of carbonyl (C=O) groups excluding carboxylic acids is 1. The van der Waals surface area contributed by atoms with Crippen LogP contribution >= 0.6 is 0 Å². The number of anilines is 1. The van der Waals surface area contributed by atoms with Gasteiger partial charge in [-0.15, -0.1) is 0 Å². The minimum atomic E-state index is -0.142. The second-order valence-electron chi connectivity index (χ2n) is 6.46. The molecule has 2 aromatic heterocycles. The highest BCUT2D eigenvalue weighted by atomic mass is 16.5. The van der Waals surface area contributed by atoms with Crippen LogP contribution in [0, 0.1) is 6.92 Å². The molecule has 1 aromatic carbocycles. The minimum absolute atomic E-state index is 0.0481. The highest BCUT2D eigenvalue weighted by molar-refractivity contribution is 5.89. The van der Waals surface area contributed by atoms with Crippen LogP contribution in [0.3, 0.4) is 0 Å². The summed E-state index contributed by atoms with van der Waals surface area (Å²) in [5.41, 5.74) is 3.74. The van der Waals surface area contributed by atoms with Crippen molar-refractivity contribution in [1.29, 1.82) is 0 Å². The number of para-hydroxylation sites is 1. The van der Waals surface area contributed by atoms with Crippen molar-refractivity contribution >= 4 is 22.8 Å². The zero-order chi connectivity index (χ0) is 18.1. The van der Waals surface area contributed by atoms with Crippen LogP contribution in [0.4, 0.5) is 10.5 Å². The van der Waals surface area contributed by atoms with Crippen LogP contribution < -0.4 is 10.1 Å². The summed E-state index contributed by atoms with van der Waals surface area (Å²) in [7, 11) is 1.56. The average molecular weight is 351 g/mol. The van der Waals surface area contributed by atoms with Crippen molar-refractivity contribution in [3.8, 4) is 5.88 Å². The van der Waals surface area contributed by atoms with E-state index in [-0.39, 0.29) is 12.1 Å². The van der Waals surface area contributed by atoms with Gasteiger partial charge in [-0.1, -0.05) is 12.1 Å². The number of hydrogen-bond acceptors (Lipinski definition) is 4. The molecular weight excluding hydrogens is 330 g/mol. The molecule has 0 spiro atoms. The van der Waals surface area contributed by atoms with E-state index in [4.69, 9.17) is 9.72 Å². The lowest BCUT2D eigenvalue weighted by Crippen LogP contribution is -2.34. The number of urea groups is 1. The van der Waals surface area contributed by atoms with Crippen molar-refractivity contribution in [3.05, 3.63) is 47.9 Å². The summed E-state index contributed by atoms with van der Waals surface area (Å²) in [6.07, 6.45) is 3.44. The number of imidazole rings is 1. The van der Waals surface area contributed by atoms with E-state index in [1.807, 2.05) is 30.0 Å². The zero-order valence-electron chi connectivity index (χ0n) is 14.8. The Hall–Kier alpha value is -3.09. The van der Waals surface area contributed by atoms with Crippen molar-refractivity contribution in [2.24, 2.45) is 0 Å². The third-order valence-corrected chi connectivity index (χ3v) is 4.76. The van der Waals surface area contributed by atoms with E-state index < -0.39 is 0 Å². The number of aromatic nitrogens is 3. The highest BCUT2D eigenvalue weighted by Crippen LogP contribution is 2.32. The van der Waals surface area contributed by atoms with Crippen LogP contribution in [0.5, 0.6) is 5.88 Å². The Morgan fingerprint density at radius 1 is 1.35 bits per heavy atom. The topological polar surface area (TPSA) is 83.1 Å². The zero-order valence-corrected chi connectivity index (χ0v) is 14.8. The fourth-order valence-corrected chi connectivity index (χ4v) is 3.42. The molecule has 7 nitrogen and oxygen atoms in total. The molecule has 134 valence electrons. The predicted octanol–water partition coefficient (Wildman–Crippen LogP) is 3.64. The molecule has 1 aliphatic rings. The molecule has 26 heavy (non-hydrogen) atoms. The summed E-state index contributed by atoms with van der Waals surface area (Å²) >= 11 is 0. The third-order valence-electron chi connectivity index (χ3n) is 4.76. The first-order chi connectivity index (χ1) is 12.7. The first-order valence-electron chi connectivity index (χ1n) is 8.68. The van der Waals surface area contributed by atoms with Crippen molar-refractivity contribution in [2.45, 2.75) is 25.8 Å². The van der Waals surface area contributed by atoms with E-state index in [0.29, 0.717) is 18.1 Å². The highest BCUT2D eigenvalue weighted by Gasteiger charge is 2.32. The average Bonchev–Trinajstić information content (AvgIpc) is 3.29. The van der Waals surface area contributed by atoms with E-state index >= 15 is 0 Å². The first kappa shape index (κ1) is 16.4. The maximum absolute atomic E-state index is 12.7. The van der Waals surface area contributed by atoms with Gasteiger partial charge in [0.15, 0.2) is 0 Å². The fraction of sp³-hybridized carbons (Fsp3) is 0.316. The molecule has 1 atom stereocenters. The number of nitrogens with zero attached hydrogens (tertiary/aromatic N) is 3. The molecule has 3 heterocycles. The van der Waals surface area contributed by atoms with Crippen LogP contribution in [-0.4, -0.2) is 39.5 Å². The molecule has 4 rings (SSSR count). The molecule has 2 N–H and O–H groups in total. The molecule has 0 saturated carbocycles. The van der Waals surface area contributed by atoms with E-state index in [2.05, 4.69) is 15.3 Å². The van der Waals surface area contributed by atoms with Gasteiger partial charge in [0.05, 0.1) is 36.1 Å². The van der Waals surface area contributed by atoms with Crippen molar-refractivity contribution < 1.29 is 9.53 Å². The van der Waals surface area contributed by atoms with E-state index in [1.165, 1.54) is 0 Å². The van der Waals surface area contributed by atoms with E-state index in [1.54, 1.807) is 25.4 Å². The summed E-state index contributed by atoms with van der Waals surface area (Å²) in [6.45, 7) is 2.75. The van der Waals surface area contributed by atoms with Gasteiger partial charge in [-0.3, -0.25) is 0 Å². The minimum Gasteiger partial charge on any atom is -0.481 e. The number of carbonyl (C=O) groups is 1. The molecular formula is C19H21N5O2. The second kappa shape index (κ2) is 6.67. The molecule has 7 heteroatoms. The van der Waals surface area contributed by atoms with Crippen LogP contribution in [-0.2, 0) is 0 Å². The van der Waals surface area contributed by atoms with Crippen LogP contribution in [0.2, 0.25) is 0 Å². The first-order valence-corrected chi connectivity index (χ1v) is 8.68. The number of aromatic amines is 1. The van der Waals surface area contributed by atoms with Crippen molar-refractivity contribution in [2.75, 3.05) is 19.0 Å². The number of fused-ring (bicyclic) bond motifs is 1. The van der Waals surface area contributed by atoms with Gasteiger partial charge in [-0.05, 0) is 37.5 Å². The number of ether oxygens (including phenoxy) is 1. The molecule has 0 unspecified atom stereocenters. The van der Waals surface area contributed by atoms with Crippen molar-refractivity contribution in [3.63, 3.8) is 0 Å². The number of amides is 2. The number of H-pyrrole nitrogens is 1. The summed E-state index contributed by atoms with van der Waals surface area (Å²) in [5, 5.41) is 2.91. The number of aryl methyl sites for hydroxylation is 1. The lowest BCUT2D eigenvalue weighted by molar-refractivity contribution is 0.205. The monoisotopic (exact) mass is 351 g/mol. The molecule has 0 aliphatic carbocycles.